The van der Waals surface area contributed by atoms with Crippen LogP contribution in [0.5, 0.6) is 0 Å². The van der Waals surface area contributed by atoms with E-state index in [0.717, 1.165) is 18.0 Å². The molecule has 1 aromatic rings. The third kappa shape index (κ3) is 2.99. The van der Waals surface area contributed by atoms with Crippen molar-refractivity contribution in [2.75, 3.05) is 11.9 Å². The molecule has 0 bridgehead atoms. The lowest BCUT2D eigenvalue weighted by Gasteiger charge is -2.38. The summed E-state index contributed by atoms with van der Waals surface area (Å²) in [6.45, 7) is 0. The summed E-state index contributed by atoms with van der Waals surface area (Å²) in [4.78, 5) is 6.90. The quantitative estimate of drug-likeness (QED) is 0.746. The number of rotatable bonds is 4. The van der Waals surface area contributed by atoms with Crippen molar-refractivity contribution < 1.29 is 0 Å². The van der Waals surface area contributed by atoms with Crippen molar-refractivity contribution in [3.05, 3.63) is 30.3 Å². The van der Waals surface area contributed by atoms with Crippen molar-refractivity contribution >= 4 is 11.9 Å². The van der Waals surface area contributed by atoms with E-state index < -0.39 is 0 Å². The van der Waals surface area contributed by atoms with Crippen LogP contribution in [0.4, 0.5) is 5.69 Å². The fraction of sp³-hybridized carbons (Fsp3) is 0.588. The standard InChI is InChI=1S/C17H24N2/c1-18-13-14-7-9-16(10-8-14)19(17-11-12-17)15-5-3-2-4-6-15/h2-6,13-14,16-17H,7-12H2,1H3/b18-13-. The lowest BCUT2D eigenvalue weighted by atomic mass is 9.85. The number of nitrogens with zero attached hydrogens (tertiary/aromatic N) is 2. The lowest BCUT2D eigenvalue weighted by Crippen LogP contribution is -2.40. The highest BCUT2D eigenvalue weighted by atomic mass is 15.2. The molecule has 0 aliphatic heterocycles. The molecular formula is C17H24N2. The summed E-state index contributed by atoms with van der Waals surface area (Å²) in [6.07, 6.45) is 10.2. The van der Waals surface area contributed by atoms with Crippen molar-refractivity contribution in [1.29, 1.82) is 0 Å². The minimum absolute atomic E-state index is 0.720. The zero-order chi connectivity index (χ0) is 13.1. The first kappa shape index (κ1) is 12.7. The molecule has 0 N–H and O–H groups in total. The van der Waals surface area contributed by atoms with Crippen LogP contribution in [0.25, 0.3) is 0 Å². The second-order valence-corrected chi connectivity index (χ2v) is 5.95. The van der Waals surface area contributed by atoms with Gasteiger partial charge in [-0.25, -0.2) is 0 Å². The zero-order valence-corrected chi connectivity index (χ0v) is 11.8. The van der Waals surface area contributed by atoms with E-state index >= 15 is 0 Å². The predicted molar refractivity (Wildman–Crippen MR) is 82.1 cm³/mol. The number of anilines is 1. The molecule has 2 aliphatic carbocycles. The maximum atomic E-state index is 4.20. The van der Waals surface area contributed by atoms with Gasteiger partial charge in [-0.15, -0.1) is 0 Å². The van der Waals surface area contributed by atoms with Crippen molar-refractivity contribution in [2.45, 2.75) is 50.6 Å². The SMILES string of the molecule is C/N=C\C1CCC(N(c2ccccc2)C2CC2)CC1. The van der Waals surface area contributed by atoms with Crippen LogP contribution in [-0.2, 0) is 0 Å². The van der Waals surface area contributed by atoms with Gasteiger partial charge in [0.05, 0.1) is 0 Å². The maximum absolute atomic E-state index is 4.20. The highest BCUT2D eigenvalue weighted by molar-refractivity contribution is 5.60. The molecule has 2 saturated carbocycles. The van der Waals surface area contributed by atoms with Gasteiger partial charge in [-0.3, -0.25) is 0 Å². The fourth-order valence-corrected chi connectivity index (χ4v) is 3.41. The Bertz CT molecular complexity index is 414. The van der Waals surface area contributed by atoms with E-state index in [0.29, 0.717) is 0 Å². The molecule has 0 saturated heterocycles. The Kier molecular flexibility index (Phi) is 3.86. The van der Waals surface area contributed by atoms with E-state index in [1.54, 1.807) is 0 Å². The molecule has 1 aromatic carbocycles. The van der Waals surface area contributed by atoms with Crippen LogP contribution in [-0.4, -0.2) is 25.3 Å². The van der Waals surface area contributed by atoms with Gasteiger partial charge < -0.3 is 9.89 Å². The Morgan fingerprint density at radius 1 is 0.947 bits per heavy atom. The van der Waals surface area contributed by atoms with E-state index in [1.807, 2.05) is 7.05 Å². The van der Waals surface area contributed by atoms with Gasteiger partial charge in [0, 0.05) is 31.0 Å². The lowest BCUT2D eigenvalue weighted by molar-refractivity contribution is 0.374. The Morgan fingerprint density at radius 3 is 2.05 bits per heavy atom. The van der Waals surface area contributed by atoms with E-state index in [9.17, 15) is 0 Å². The van der Waals surface area contributed by atoms with Crippen LogP contribution in [0.3, 0.4) is 0 Å². The molecule has 0 atom stereocenters. The highest BCUT2D eigenvalue weighted by Gasteiger charge is 2.35. The molecule has 0 amide bonds. The third-order valence-corrected chi connectivity index (χ3v) is 4.49. The first-order chi connectivity index (χ1) is 9.38. The summed E-state index contributed by atoms with van der Waals surface area (Å²) in [6, 6.07) is 12.6. The molecule has 102 valence electrons. The molecule has 2 aliphatic rings. The van der Waals surface area contributed by atoms with Gasteiger partial charge in [-0.1, -0.05) is 18.2 Å². The summed E-state index contributed by atoms with van der Waals surface area (Å²) < 4.78 is 0. The normalized spacial score (nSPS) is 27.6. The molecular weight excluding hydrogens is 232 g/mol. The number of benzene rings is 1. The van der Waals surface area contributed by atoms with Crippen LogP contribution in [0, 0.1) is 5.92 Å². The van der Waals surface area contributed by atoms with Crippen LogP contribution in [0.2, 0.25) is 0 Å². The molecule has 2 fully saturated rings. The Hall–Kier alpha value is -1.31. The van der Waals surface area contributed by atoms with Crippen molar-refractivity contribution in [2.24, 2.45) is 10.9 Å². The molecule has 0 spiro atoms. The molecule has 0 heterocycles. The molecule has 0 aromatic heterocycles. The van der Waals surface area contributed by atoms with E-state index in [2.05, 4.69) is 46.4 Å². The van der Waals surface area contributed by atoms with Crippen LogP contribution in [0.15, 0.2) is 35.3 Å². The van der Waals surface area contributed by atoms with Gasteiger partial charge in [0.25, 0.3) is 0 Å². The molecule has 0 radical (unpaired) electrons. The largest absolute Gasteiger partial charge is 0.366 e. The Morgan fingerprint density at radius 2 is 1.53 bits per heavy atom. The minimum atomic E-state index is 0.720. The maximum Gasteiger partial charge on any atom is 0.0371 e. The number of aliphatic imine (C=N–C) groups is 1. The topological polar surface area (TPSA) is 15.6 Å². The van der Waals surface area contributed by atoms with E-state index in [-0.39, 0.29) is 0 Å². The third-order valence-electron chi connectivity index (χ3n) is 4.49. The summed E-state index contributed by atoms with van der Waals surface area (Å²) in [5.41, 5.74) is 1.43. The summed E-state index contributed by atoms with van der Waals surface area (Å²) in [7, 11) is 1.90. The number of hydrogen-bond donors (Lipinski definition) is 0. The molecule has 2 nitrogen and oxygen atoms in total. The molecule has 19 heavy (non-hydrogen) atoms. The predicted octanol–water partition coefficient (Wildman–Crippen LogP) is 3.91. The van der Waals surface area contributed by atoms with Gasteiger partial charge in [-0.2, -0.15) is 0 Å². The summed E-state index contributed by atoms with van der Waals surface area (Å²) in [5.74, 6) is 0.720. The average Bonchev–Trinajstić information content (AvgIpc) is 3.27. The van der Waals surface area contributed by atoms with Crippen LogP contribution >= 0.6 is 0 Å². The zero-order valence-electron chi connectivity index (χ0n) is 11.8. The van der Waals surface area contributed by atoms with Crippen LogP contribution in [0.1, 0.15) is 38.5 Å². The molecule has 2 heteroatoms. The van der Waals surface area contributed by atoms with Gasteiger partial charge in [0.2, 0.25) is 0 Å². The average molecular weight is 256 g/mol. The fourth-order valence-electron chi connectivity index (χ4n) is 3.41. The number of hydrogen-bond acceptors (Lipinski definition) is 2. The van der Waals surface area contributed by atoms with E-state index in [4.69, 9.17) is 0 Å². The first-order valence-electron chi connectivity index (χ1n) is 7.64. The van der Waals surface area contributed by atoms with Crippen molar-refractivity contribution in [3.63, 3.8) is 0 Å². The minimum Gasteiger partial charge on any atom is -0.366 e. The summed E-state index contributed by atoms with van der Waals surface area (Å²) >= 11 is 0. The highest BCUT2D eigenvalue weighted by Crippen LogP contribution is 2.38. The Labute approximate surface area is 116 Å². The molecule has 3 rings (SSSR count). The monoisotopic (exact) mass is 256 g/mol. The van der Waals surface area contributed by atoms with Crippen molar-refractivity contribution in [3.8, 4) is 0 Å². The second kappa shape index (κ2) is 5.77. The molecule has 0 unspecified atom stereocenters. The Balaban J connectivity index is 1.69. The second-order valence-electron chi connectivity index (χ2n) is 5.95. The summed E-state index contributed by atoms with van der Waals surface area (Å²) in [5, 5.41) is 0. The first-order valence-corrected chi connectivity index (χ1v) is 7.64. The number of para-hydroxylation sites is 1. The van der Waals surface area contributed by atoms with Gasteiger partial charge in [-0.05, 0) is 56.6 Å². The van der Waals surface area contributed by atoms with Gasteiger partial charge in [0.15, 0.2) is 0 Å². The van der Waals surface area contributed by atoms with E-state index in [1.165, 1.54) is 44.2 Å². The smallest absolute Gasteiger partial charge is 0.0371 e. The van der Waals surface area contributed by atoms with Gasteiger partial charge >= 0.3 is 0 Å². The van der Waals surface area contributed by atoms with Gasteiger partial charge in [0.1, 0.15) is 0 Å². The van der Waals surface area contributed by atoms with Crippen LogP contribution < -0.4 is 4.90 Å². The van der Waals surface area contributed by atoms with Crippen molar-refractivity contribution in [1.82, 2.24) is 0 Å².